The summed E-state index contributed by atoms with van der Waals surface area (Å²) in [5.74, 6) is 2.59. The number of hydrogen-bond acceptors (Lipinski definition) is 3. The molecule has 1 aromatic rings. The molecule has 2 N–H and O–H groups in total. The average molecular weight is 517 g/mol. The molecule has 1 heterocycles. The molecule has 5 nitrogen and oxygen atoms in total. The number of rotatable bonds is 7. The lowest BCUT2D eigenvalue weighted by atomic mass is 9.78. The van der Waals surface area contributed by atoms with E-state index < -0.39 is 0 Å². The summed E-state index contributed by atoms with van der Waals surface area (Å²) in [7, 11) is 1.72. The fourth-order valence-corrected chi connectivity index (χ4v) is 3.98. The van der Waals surface area contributed by atoms with Crippen LogP contribution in [0.1, 0.15) is 58.9 Å². The lowest BCUT2D eigenvalue weighted by Crippen LogP contribution is -2.47. The van der Waals surface area contributed by atoms with Crippen LogP contribution in [0.5, 0.6) is 5.75 Å². The van der Waals surface area contributed by atoms with Crippen molar-refractivity contribution in [1.29, 1.82) is 0 Å². The van der Waals surface area contributed by atoms with Gasteiger partial charge in [0.15, 0.2) is 5.96 Å². The summed E-state index contributed by atoms with van der Waals surface area (Å²) in [6.07, 6.45) is 2.62. The third-order valence-corrected chi connectivity index (χ3v) is 5.37. The smallest absolute Gasteiger partial charge is 0.191 e. The van der Waals surface area contributed by atoms with Gasteiger partial charge in [0.05, 0.1) is 13.2 Å². The third-order valence-electron chi connectivity index (χ3n) is 5.37. The highest BCUT2D eigenvalue weighted by Gasteiger charge is 2.35. The van der Waals surface area contributed by atoms with Crippen LogP contribution in [-0.4, -0.2) is 45.4 Å². The van der Waals surface area contributed by atoms with Crippen molar-refractivity contribution in [3.63, 3.8) is 0 Å². The van der Waals surface area contributed by atoms with Crippen LogP contribution in [0.15, 0.2) is 29.3 Å². The summed E-state index contributed by atoms with van der Waals surface area (Å²) in [6, 6.07) is 8.18. The zero-order valence-corrected chi connectivity index (χ0v) is 21.3. The Morgan fingerprint density at radius 3 is 2.66 bits per heavy atom. The minimum Gasteiger partial charge on any atom is -0.496 e. The standard InChI is InChI=1S/C23H39N3O2.HI/c1-7-24-22(25-15-17(2)19-12-8-9-13-20(19)27-6)26-16-18-11-10-14-28-21(18)23(3,4)5;/h8-9,12-13,17-18,21H,7,10-11,14-16H2,1-6H3,(H2,24,25,26);1H. The number of nitrogens with one attached hydrogen (secondary N) is 2. The highest BCUT2D eigenvalue weighted by atomic mass is 127. The van der Waals surface area contributed by atoms with Gasteiger partial charge in [0.1, 0.15) is 5.75 Å². The SMILES string of the molecule is CCNC(=NCC(C)c1ccccc1OC)NCC1CCCOC1C(C)(C)C.I. The molecule has 0 aromatic heterocycles. The summed E-state index contributed by atoms with van der Waals surface area (Å²) < 4.78 is 11.6. The maximum absolute atomic E-state index is 6.11. The van der Waals surface area contributed by atoms with E-state index in [1.165, 1.54) is 12.0 Å². The fraction of sp³-hybridized carbons (Fsp3) is 0.696. The van der Waals surface area contributed by atoms with Gasteiger partial charge in [-0.25, -0.2) is 0 Å². The summed E-state index contributed by atoms with van der Waals surface area (Å²) in [5.41, 5.74) is 1.35. The van der Waals surface area contributed by atoms with Gasteiger partial charge in [0.25, 0.3) is 0 Å². The second kappa shape index (κ2) is 12.6. The highest BCUT2D eigenvalue weighted by Crippen LogP contribution is 2.33. The van der Waals surface area contributed by atoms with Crippen LogP contribution in [0.3, 0.4) is 0 Å². The van der Waals surface area contributed by atoms with Gasteiger partial charge in [-0.1, -0.05) is 45.9 Å². The van der Waals surface area contributed by atoms with E-state index in [2.05, 4.69) is 57.4 Å². The molecule has 0 aliphatic carbocycles. The van der Waals surface area contributed by atoms with Crippen molar-refractivity contribution in [2.75, 3.05) is 33.4 Å². The molecule has 1 aliphatic heterocycles. The molecule has 166 valence electrons. The third kappa shape index (κ3) is 7.96. The number of benzene rings is 1. The molecule has 0 spiro atoms. The van der Waals surface area contributed by atoms with Crippen LogP contribution < -0.4 is 15.4 Å². The van der Waals surface area contributed by atoms with Crippen LogP contribution in [0, 0.1) is 11.3 Å². The van der Waals surface area contributed by atoms with E-state index in [4.69, 9.17) is 14.5 Å². The summed E-state index contributed by atoms with van der Waals surface area (Å²) in [6.45, 7) is 14.4. The zero-order chi connectivity index (χ0) is 20.6. The molecular weight excluding hydrogens is 477 g/mol. The van der Waals surface area contributed by atoms with Gasteiger partial charge in [-0.2, -0.15) is 0 Å². The summed E-state index contributed by atoms with van der Waals surface area (Å²) in [5, 5.41) is 6.93. The van der Waals surface area contributed by atoms with Crippen molar-refractivity contribution in [2.45, 2.75) is 59.5 Å². The van der Waals surface area contributed by atoms with Crippen molar-refractivity contribution in [3.05, 3.63) is 29.8 Å². The largest absolute Gasteiger partial charge is 0.496 e. The monoisotopic (exact) mass is 517 g/mol. The topological polar surface area (TPSA) is 54.9 Å². The van der Waals surface area contributed by atoms with E-state index in [1.807, 2.05) is 12.1 Å². The second-order valence-corrected chi connectivity index (χ2v) is 8.80. The molecule has 1 aliphatic rings. The Morgan fingerprint density at radius 1 is 1.28 bits per heavy atom. The Bertz CT molecular complexity index is 631. The molecule has 0 amide bonds. The van der Waals surface area contributed by atoms with Crippen LogP contribution in [0.2, 0.25) is 0 Å². The second-order valence-electron chi connectivity index (χ2n) is 8.80. The first-order valence-corrected chi connectivity index (χ1v) is 10.6. The number of para-hydroxylation sites is 1. The van der Waals surface area contributed by atoms with E-state index in [1.54, 1.807) is 7.11 Å². The first kappa shape index (κ1) is 26.0. The Labute approximate surface area is 194 Å². The molecule has 0 bridgehead atoms. The van der Waals surface area contributed by atoms with Gasteiger partial charge < -0.3 is 20.1 Å². The lowest BCUT2D eigenvalue weighted by Gasteiger charge is -2.40. The molecule has 2 rings (SSSR count). The number of methoxy groups -OCH3 is 1. The van der Waals surface area contributed by atoms with Crippen molar-refractivity contribution in [1.82, 2.24) is 10.6 Å². The molecular formula is C23H40IN3O2. The number of ether oxygens (including phenoxy) is 2. The first-order chi connectivity index (χ1) is 13.4. The van der Waals surface area contributed by atoms with Crippen molar-refractivity contribution >= 4 is 29.9 Å². The minimum atomic E-state index is 0. The van der Waals surface area contributed by atoms with E-state index in [0.717, 1.165) is 37.8 Å². The highest BCUT2D eigenvalue weighted by molar-refractivity contribution is 14.0. The zero-order valence-electron chi connectivity index (χ0n) is 19.0. The van der Waals surface area contributed by atoms with Gasteiger partial charge >= 0.3 is 0 Å². The van der Waals surface area contributed by atoms with Gasteiger partial charge in [-0.3, -0.25) is 4.99 Å². The molecule has 0 saturated carbocycles. The average Bonchev–Trinajstić information content (AvgIpc) is 2.69. The van der Waals surface area contributed by atoms with Gasteiger partial charge in [-0.05, 0) is 36.8 Å². The van der Waals surface area contributed by atoms with Gasteiger partial charge in [-0.15, -0.1) is 24.0 Å². The van der Waals surface area contributed by atoms with Crippen LogP contribution >= 0.6 is 24.0 Å². The molecule has 1 aromatic carbocycles. The lowest BCUT2D eigenvalue weighted by molar-refractivity contribution is -0.0835. The summed E-state index contributed by atoms with van der Waals surface area (Å²) >= 11 is 0. The summed E-state index contributed by atoms with van der Waals surface area (Å²) in [4.78, 5) is 4.83. The first-order valence-electron chi connectivity index (χ1n) is 10.6. The number of guanidine groups is 1. The number of hydrogen-bond donors (Lipinski definition) is 2. The molecule has 1 saturated heterocycles. The molecule has 3 unspecified atom stereocenters. The number of aliphatic imine (C=N–C) groups is 1. The number of halogens is 1. The molecule has 0 radical (unpaired) electrons. The van der Waals surface area contributed by atoms with Crippen molar-refractivity contribution < 1.29 is 9.47 Å². The maximum Gasteiger partial charge on any atom is 0.191 e. The Morgan fingerprint density at radius 2 is 2.00 bits per heavy atom. The van der Waals surface area contributed by atoms with Gasteiger partial charge in [0.2, 0.25) is 0 Å². The van der Waals surface area contributed by atoms with E-state index in [9.17, 15) is 0 Å². The Hall–Kier alpha value is -1.02. The molecule has 6 heteroatoms. The normalized spacial score (nSPS) is 21.1. The Kier molecular flexibility index (Phi) is 11.3. The fourth-order valence-electron chi connectivity index (χ4n) is 3.98. The van der Waals surface area contributed by atoms with E-state index in [0.29, 0.717) is 12.5 Å². The van der Waals surface area contributed by atoms with E-state index >= 15 is 0 Å². The molecule has 1 fully saturated rings. The van der Waals surface area contributed by atoms with Crippen LogP contribution in [0.25, 0.3) is 0 Å². The van der Waals surface area contributed by atoms with Crippen molar-refractivity contribution in [3.8, 4) is 5.75 Å². The Balaban J connectivity index is 0.00000420. The van der Waals surface area contributed by atoms with Crippen LogP contribution in [-0.2, 0) is 4.74 Å². The quantitative estimate of drug-likeness (QED) is 0.310. The number of nitrogens with zero attached hydrogens (tertiary/aromatic N) is 1. The predicted octanol–water partition coefficient (Wildman–Crippen LogP) is 4.81. The van der Waals surface area contributed by atoms with E-state index in [-0.39, 0.29) is 41.4 Å². The van der Waals surface area contributed by atoms with Crippen LogP contribution in [0.4, 0.5) is 0 Å². The molecule has 3 atom stereocenters. The van der Waals surface area contributed by atoms with Gasteiger partial charge in [0, 0.05) is 38.1 Å². The van der Waals surface area contributed by atoms with Crippen molar-refractivity contribution in [2.24, 2.45) is 16.3 Å². The maximum atomic E-state index is 6.11. The predicted molar refractivity (Wildman–Crippen MR) is 133 cm³/mol. The molecule has 29 heavy (non-hydrogen) atoms. The minimum absolute atomic E-state index is 0.